The Kier molecular flexibility index (Phi) is 14.3. The summed E-state index contributed by atoms with van der Waals surface area (Å²) >= 11 is 0. The van der Waals surface area contributed by atoms with Crippen molar-refractivity contribution in [1.82, 2.24) is 88.1 Å². The van der Waals surface area contributed by atoms with E-state index in [1.807, 2.05) is 174 Å². The van der Waals surface area contributed by atoms with Gasteiger partial charge in [-0.3, -0.25) is 29.9 Å². The molecule has 12 heterocycles. The van der Waals surface area contributed by atoms with Crippen molar-refractivity contribution >= 4 is 14.2 Å². The molecule has 0 amide bonds. The largest absolute Gasteiger partial charge is 1.00 e. The molecular weight excluding hydrogens is 977 g/mol. The van der Waals surface area contributed by atoms with Crippen LogP contribution < -0.4 is 0 Å². The van der Waals surface area contributed by atoms with Gasteiger partial charge >= 0.3 is 48.4 Å². The fraction of sp³-hybridized carbons (Fsp3) is 0. The Balaban J connectivity index is 0.000000169. The van der Waals surface area contributed by atoms with Crippen molar-refractivity contribution < 1.29 is 34.1 Å². The maximum atomic E-state index is 4.88. The molecule has 0 spiro atoms. The molecule has 0 bridgehead atoms. The second-order valence-electron chi connectivity index (χ2n) is 15.7. The third kappa shape index (κ3) is 10.1. The van der Waals surface area contributed by atoms with Crippen LogP contribution >= 0.6 is 0 Å². The molecule has 12 aromatic heterocycles. The molecule has 12 rings (SSSR count). The molecule has 0 aliphatic carbocycles. The smallest absolute Gasteiger partial charge is 0.402 e. The zero-order chi connectivity index (χ0) is 45.5. The van der Waals surface area contributed by atoms with E-state index < -0.39 is 14.2 Å². The zero-order valence-corrected chi connectivity index (χ0v) is 38.7. The first-order chi connectivity index (χ1) is 33.7. The first kappa shape index (κ1) is 46.4. The summed E-state index contributed by atoms with van der Waals surface area (Å²) in [7, 11) is -3.05. The average Bonchev–Trinajstić information content (AvgIpc) is 4.29. The zero-order valence-electron chi connectivity index (χ0n) is 36.9. The van der Waals surface area contributed by atoms with Crippen LogP contribution in [0.2, 0.25) is 0 Å². The standard InChI is InChI=1S/2C24H19BN9.2Cu/c2*1-10-26-11-2-19(1)22-7-16-32(29-22)25(33-17-8-23(30-33)20-3-12-27-13-4-20)34-18-9-24(31-34)21-5-14-28-15-6-21;;/h2*1-18,25H;;/q2*-1;2*+1. The van der Waals surface area contributed by atoms with Crippen LogP contribution in [0.15, 0.2) is 221 Å². The van der Waals surface area contributed by atoms with E-state index >= 15 is 0 Å². The molecule has 348 valence electrons. The molecule has 0 fully saturated rings. The first-order valence-electron chi connectivity index (χ1n) is 21.8. The molecule has 0 saturated carbocycles. The van der Waals surface area contributed by atoms with Crippen molar-refractivity contribution in [2.24, 2.45) is 0 Å². The summed E-state index contributed by atoms with van der Waals surface area (Å²) in [5.41, 5.74) is 11.2. The van der Waals surface area contributed by atoms with Crippen molar-refractivity contribution in [1.29, 1.82) is 0 Å². The summed E-state index contributed by atoms with van der Waals surface area (Å²) < 4.78 is 11.6. The van der Waals surface area contributed by atoms with E-state index in [0.717, 1.165) is 67.5 Å². The van der Waals surface area contributed by atoms with Gasteiger partial charge in [-0.15, -0.1) is 0 Å². The monoisotopic (exact) mass is 1010 g/mol. The minimum atomic E-state index is -1.53. The van der Waals surface area contributed by atoms with Crippen LogP contribution in [0.25, 0.3) is 67.5 Å². The molecule has 0 N–H and O–H groups in total. The van der Waals surface area contributed by atoms with Gasteiger partial charge in [0.1, 0.15) is 0 Å². The third-order valence-corrected chi connectivity index (χ3v) is 11.4. The van der Waals surface area contributed by atoms with Gasteiger partial charge in [0.05, 0.1) is 34.2 Å². The Morgan fingerprint density at radius 1 is 0.214 bits per heavy atom. The predicted octanol–water partition coefficient (Wildman–Crippen LogP) is 6.24. The third-order valence-electron chi connectivity index (χ3n) is 11.4. The van der Waals surface area contributed by atoms with E-state index in [-0.39, 0.29) is 34.1 Å². The maximum Gasteiger partial charge on any atom is 1.00 e. The number of rotatable bonds is 12. The Hall–Kier alpha value is -8.67. The Bertz CT molecular complexity index is 2890. The Morgan fingerprint density at radius 3 is 0.500 bits per heavy atom. The summed E-state index contributed by atoms with van der Waals surface area (Å²) in [6.07, 6.45) is 33.0. The van der Waals surface area contributed by atoms with E-state index in [2.05, 4.69) is 29.9 Å². The van der Waals surface area contributed by atoms with Crippen molar-refractivity contribution in [3.8, 4) is 67.5 Å². The van der Waals surface area contributed by atoms with Crippen molar-refractivity contribution in [2.75, 3.05) is 0 Å². The fourth-order valence-electron chi connectivity index (χ4n) is 8.07. The molecule has 0 aromatic carbocycles. The van der Waals surface area contributed by atoms with Crippen LogP contribution in [0.1, 0.15) is 0 Å². The quantitative estimate of drug-likeness (QED) is 0.126. The number of hydrogen-bond acceptors (Lipinski definition) is 12. The average molecular weight is 1020 g/mol. The van der Waals surface area contributed by atoms with Gasteiger partial charge in [0.2, 0.25) is 0 Å². The minimum Gasteiger partial charge on any atom is -0.402 e. The van der Waals surface area contributed by atoms with Gasteiger partial charge in [-0.25, -0.2) is 30.6 Å². The van der Waals surface area contributed by atoms with E-state index in [4.69, 9.17) is 30.6 Å². The Labute approximate surface area is 422 Å². The predicted molar refractivity (Wildman–Crippen MR) is 259 cm³/mol. The van der Waals surface area contributed by atoms with Crippen LogP contribution in [-0.2, 0) is 34.1 Å². The summed E-state index contributed by atoms with van der Waals surface area (Å²) in [5, 5.41) is 29.3. The van der Waals surface area contributed by atoms with Gasteiger partial charge in [-0.1, -0.05) is 0 Å². The number of nitrogens with zero attached hydrogens (tertiary/aromatic N) is 18. The van der Waals surface area contributed by atoms with Crippen LogP contribution in [0.3, 0.4) is 0 Å². The first-order valence-corrected chi connectivity index (χ1v) is 21.8. The van der Waals surface area contributed by atoms with Gasteiger partial charge in [0, 0.05) is 108 Å². The molecule has 0 atom stereocenters. The Morgan fingerprint density at radius 2 is 0.357 bits per heavy atom. The second kappa shape index (κ2) is 21.5. The van der Waals surface area contributed by atoms with E-state index in [9.17, 15) is 0 Å². The molecule has 12 aromatic rings. The second-order valence-corrected chi connectivity index (χ2v) is 15.7. The van der Waals surface area contributed by atoms with Gasteiger partial charge in [0.15, 0.2) is 0 Å². The molecule has 22 heteroatoms. The summed E-state index contributed by atoms with van der Waals surface area (Å²) in [5.74, 6) is 0. The van der Waals surface area contributed by atoms with Gasteiger partial charge < -0.3 is 27.6 Å². The van der Waals surface area contributed by atoms with Crippen LogP contribution in [-0.4, -0.2) is 102 Å². The summed E-state index contributed by atoms with van der Waals surface area (Å²) in [6.45, 7) is 0. The van der Waals surface area contributed by atoms with E-state index in [0.29, 0.717) is 0 Å². The molecular formula is C48H38B2Cu2N18. The van der Waals surface area contributed by atoms with Gasteiger partial charge in [-0.2, -0.15) is 0 Å². The number of aromatic nitrogens is 18. The van der Waals surface area contributed by atoms with Gasteiger partial charge in [0.25, 0.3) is 0 Å². The normalized spacial score (nSPS) is 10.9. The van der Waals surface area contributed by atoms with E-state index in [1.165, 1.54) is 0 Å². The van der Waals surface area contributed by atoms with Crippen molar-refractivity contribution in [3.63, 3.8) is 0 Å². The topological polar surface area (TPSA) is 184 Å². The maximum absolute atomic E-state index is 4.88. The molecule has 0 unspecified atom stereocenters. The van der Waals surface area contributed by atoms with Crippen LogP contribution in [0.5, 0.6) is 0 Å². The van der Waals surface area contributed by atoms with Crippen LogP contribution in [0, 0.1) is 0 Å². The van der Waals surface area contributed by atoms with Gasteiger partial charge in [-0.05, 0) is 146 Å². The molecule has 0 aliphatic heterocycles. The molecule has 0 saturated heterocycles. The molecule has 0 aliphatic rings. The fourth-order valence-corrected chi connectivity index (χ4v) is 8.07. The van der Waals surface area contributed by atoms with Crippen molar-refractivity contribution in [3.05, 3.63) is 221 Å². The molecule has 0 radical (unpaired) electrons. The van der Waals surface area contributed by atoms with Crippen LogP contribution in [0.4, 0.5) is 0 Å². The SMILES string of the molecule is [Cu+].[Cu+].c1cc(-c2ccn([BH-](n3ccc(-c4ccncc4)n3)n3ccc(-c4ccncc4)n3)n2)ccn1.c1cc(-c2ccn([BH-](n3ccc(-c4ccncc4)n3)n3ccc(-c4ccncc4)n3)n2)ccn1. The number of pyridine rings is 6. The minimum absolute atomic E-state index is 0. The molecule has 18 nitrogen and oxygen atoms in total. The summed E-state index contributed by atoms with van der Waals surface area (Å²) in [6, 6.07) is 35.3. The number of hydrogen-bond donors (Lipinski definition) is 0. The van der Waals surface area contributed by atoms with E-state index in [1.54, 1.807) is 74.4 Å². The summed E-state index contributed by atoms with van der Waals surface area (Å²) in [4.78, 5) is 24.6. The van der Waals surface area contributed by atoms with Crippen molar-refractivity contribution in [2.45, 2.75) is 0 Å². The molecule has 70 heavy (non-hydrogen) atoms.